The van der Waals surface area contributed by atoms with Crippen LogP contribution in [0.2, 0.25) is 0 Å². The van der Waals surface area contributed by atoms with Crippen molar-refractivity contribution in [1.82, 2.24) is 9.99 Å². The highest BCUT2D eigenvalue weighted by Gasteiger charge is 2.11. The first-order valence-corrected chi connectivity index (χ1v) is 11.9. The van der Waals surface area contributed by atoms with E-state index in [4.69, 9.17) is 4.42 Å². The third kappa shape index (κ3) is 5.03. The molecule has 0 saturated carbocycles. The van der Waals surface area contributed by atoms with E-state index in [2.05, 4.69) is 62.2 Å². The maximum atomic E-state index is 12.6. The van der Waals surface area contributed by atoms with Crippen molar-refractivity contribution in [3.05, 3.63) is 125 Å². The Morgan fingerprint density at radius 3 is 2.34 bits per heavy atom. The number of hydrogen-bond donors (Lipinski definition) is 1. The summed E-state index contributed by atoms with van der Waals surface area (Å²) in [6.45, 7) is 2.07. The van der Waals surface area contributed by atoms with E-state index in [9.17, 15) is 4.79 Å². The summed E-state index contributed by atoms with van der Waals surface area (Å²) in [7, 11) is 0. The fraction of sp³-hybridized carbons (Fsp3) is 0.0345. The Balaban J connectivity index is 1.26. The Morgan fingerprint density at radius 2 is 1.60 bits per heavy atom. The van der Waals surface area contributed by atoms with Gasteiger partial charge in [-0.2, -0.15) is 5.10 Å². The maximum absolute atomic E-state index is 12.6. The second-order valence-electron chi connectivity index (χ2n) is 8.02. The van der Waals surface area contributed by atoms with Crippen molar-refractivity contribution >= 4 is 28.1 Å². The number of nitrogens with zero attached hydrogens (tertiary/aromatic N) is 2. The molecular formula is C29H22BrN3O2. The lowest BCUT2D eigenvalue weighted by atomic mass is 10.1. The zero-order valence-electron chi connectivity index (χ0n) is 19.0. The molecule has 5 rings (SSSR count). The third-order valence-electron chi connectivity index (χ3n) is 5.65. The highest BCUT2D eigenvalue weighted by Crippen LogP contribution is 2.27. The summed E-state index contributed by atoms with van der Waals surface area (Å²) in [5.74, 6) is 0.992. The monoisotopic (exact) mass is 523 g/mol. The average Bonchev–Trinajstić information content (AvgIpc) is 3.52. The summed E-state index contributed by atoms with van der Waals surface area (Å²) in [5, 5.41) is 4.05. The van der Waals surface area contributed by atoms with Crippen LogP contribution in [-0.4, -0.2) is 16.7 Å². The predicted molar refractivity (Wildman–Crippen MR) is 143 cm³/mol. The molecule has 0 spiro atoms. The van der Waals surface area contributed by atoms with E-state index in [1.807, 2.05) is 66.7 Å². The lowest BCUT2D eigenvalue weighted by Gasteiger charge is -2.12. The van der Waals surface area contributed by atoms with Crippen LogP contribution in [-0.2, 0) is 0 Å². The van der Waals surface area contributed by atoms with Gasteiger partial charge < -0.3 is 8.98 Å². The van der Waals surface area contributed by atoms with E-state index < -0.39 is 0 Å². The molecule has 172 valence electrons. The van der Waals surface area contributed by atoms with Crippen LogP contribution in [0, 0.1) is 6.92 Å². The molecule has 0 atom stereocenters. The highest BCUT2D eigenvalue weighted by molar-refractivity contribution is 9.10. The molecule has 35 heavy (non-hydrogen) atoms. The van der Waals surface area contributed by atoms with Crippen molar-refractivity contribution in [2.45, 2.75) is 6.92 Å². The van der Waals surface area contributed by atoms with Crippen molar-refractivity contribution in [2.24, 2.45) is 5.10 Å². The summed E-state index contributed by atoms with van der Waals surface area (Å²) in [4.78, 5) is 12.6. The molecule has 0 unspecified atom stereocenters. The van der Waals surface area contributed by atoms with Gasteiger partial charge in [0, 0.05) is 27.0 Å². The minimum atomic E-state index is -0.292. The Bertz CT molecular complexity index is 1480. The number of furan rings is 1. The quantitative estimate of drug-likeness (QED) is 0.188. The SMILES string of the molecule is Cc1ccc(-c2ccccc2)n1-c1ccc(C(=O)N/N=C\c2ccc(-c3ccc(Br)cc3)o2)cc1. The minimum Gasteiger partial charge on any atom is -0.455 e. The molecule has 0 bridgehead atoms. The molecule has 0 saturated heterocycles. The maximum Gasteiger partial charge on any atom is 0.271 e. The van der Waals surface area contributed by atoms with Crippen molar-refractivity contribution in [3.8, 4) is 28.3 Å². The molecular weight excluding hydrogens is 502 g/mol. The number of benzene rings is 3. The van der Waals surface area contributed by atoms with Gasteiger partial charge in [-0.25, -0.2) is 5.43 Å². The summed E-state index contributed by atoms with van der Waals surface area (Å²) in [6, 6.07) is 33.4. The van der Waals surface area contributed by atoms with Crippen LogP contribution in [0.1, 0.15) is 21.8 Å². The first-order chi connectivity index (χ1) is 17.1. The van der Waals surface area contributed by atoms with Crippen LogP contribution in [0.15, 0.2) is 117 Å². The van der Waals surface area contributed by atoms with Gasteiger partial charge in [0.1, 0.15) is 11.5 Å². The molecule has 0 fully saturated rings. The molecule has 5 nitrogen and oxygen atoms in total. The van der Waals surface area contributed by atoms with Gasteiger partial charge in [0.2, 0.25) is 0 Å². The summed E-state index contributed by atoms with van der Waals surface area (Å²) >= 11 is 3.43. The normalized spacial score (nSPS) is 11.1. The second kappa shape index (κ2) is 9.99. The van der Waals surface area contributed by atoms with Gasteiger partial charge in [0.25, 0.3) is 5.91 Å². The molecule has 0 aliphatic rings. The van der Waals surface area contributed by atoms with E-state index in [1.165, 1.54) is 6.21 Å². The Kier molecular flexibility index (Phi) is 6.46. The smallest absolute Gasteiger partial charge is 0.271 e. The van der Waals surface area contributed by atoms with Gasteiger partial charge in [-0.15, -0.1) is 0 Å². The van der Waals surface area contributed by atoms with Crippen LogP contribution in [0.4, 0.5) is 0 Å². The first-order valence-electron chi connectivity index (χ1n) is 11.1. The molecule has 5 aromatic rings. The van der Waals surface area contributed by atoms with Crippen molar-refractivity contribution in [3.63, 3.8) is 0 Å². The number of amides is 1. The number of nitrogens with one attached hydrogen (secondary N) is 1. The molecule has 0 aliphatic carbocycles. The number of hydrogen-bond acceptors (Lipinski definition) is 3. The van der Waals surface area contributed by atoms with Crippen molar-refractivity contribution in [1.29, 1.82) is 0 Å². The summed E-state index contributed by atoms with van der Waals surface area (Å²) in [5.41, 5.74) is 8.39. The minimum absolute atomic E-state index is 0.292. The fourth-order valence-electron chi connectivity index (χ4n) is 3.89. The average molecular weight is 524 g/mol. The van der Waals surface area contributed by atoms with Crippen molar-refractivity contribution < 1.29 is 9.21 Å². The second-order valence-corrected chi connectivity index (χ2v) is 8.93. The van der Waals surface area contributed by atoms with E-state index >= 15 is 0 Å². The topological polar surface area (TPSA) is 59.5 Å². The zero-order chi connectivity index (χ0) is 24.2. The van der Waals surface area contributed by atoms with Gasteiger partial charge in [0.05, 0.1) is 11.9 Å². The van der Waals surface area contributed by atoms with Gasteiger partial charge in [-0.3, -0.25) is 4.79 Å². The van der Waals surface area contributed by atoms with E-state index in [0.29, 0.717) is 11.3 Å². The highest BCUT2D eigenvalue weighted by atomic mass is 79.9. The van der Waals surface area contributed by atoms with E-state index in [0.717, 1.165) is 38.4 Å². The van der Waals surface area contributed by atoms with Crippen LogP contribution >= 0.6 is 15.9 Å². The van der Waals surface area contributed by atoms with Crippen LogP contribution in [0.5, 0.6) is 0 Å². The Morgan fingerprint density at radius 1 is 0.857 bits per heavy atom. The summed E-state index contributed by atoms with van der Waals surface area (Å²) in [6.07, 6.45) is 1.49. The molecule has 2 heterocycles. The number of carbonyl (C=O) groups excluding carboxylic acids is 1. The molecule has 2 aromatic heterocycles. The fourth-order valence-corrected chi connectivity index (χ4v) is 4.15. The summed E-state index contributed by atoms with van der Waals surface area (Å²) < 4.78 is 8.98. The van der Waals surface area contributed by atoms with Crippen molar-refractivity contribution in [2.75, 3.05) is 0 Å². The molecule has 0 radical (unpaired) electrons. The lowest BCUT2D eigenvalue weighted by molar-refractivity contribution is 0.0955. The van der Waals surface area contributed by atoms with Gasteiger partial charge in [-0.05, 0) is 73.2 Å². The van der Waals surface area contributed by atoms with Gasteiger partial charge in [-0.1, -0.05) is 58.4 Å². The van der Waals surface area contributed by atoms with Crippen LogP contribution in [0.25, 0.3) is 28.3 Å². The van der Waals surface area contributed by atoms with E-state index in [1.54, 1.807) is 12.1 Å². The number of carbonyl (C=O) groups is 1. The van der Waals surface area contributed by atoms with Gasteiger partial charge >= 0.3 is 0 Å². The molecule has 1 amide bonds. The lowest BCUT2D eigenvalue weighted by Crippen LogP contribution is -2.17. The number of aryl methyl sites for hydroxylation is 1. The van der Waals surface area contributed by atoms with E-state index in [-0.39, 0.29) is 5.91 Å². The zero-order valence-corrected chi connectivity index (χ0v) is 20.6. The van der Waals surface area contributed by atoms with Gasteiger partial charge in [0.15, 0.2) is 0 Å². The van der Waals surface area contributed by atoms with Crippen LogP contribution < -0.4 is 5.43 Å². The molecule has 3 aromatic carbocycles. The number of aromatic nitrogens is 1. The molecule has 0 aliphatic heterocycles. The third-order valence-corrected chi connectivity index (χ3v) is 6.18. The number of hydrazone groups is 1. The number of rotatable bonds is 6. The molecule has 1 N–H and O–H groups in total. The Hall–Kier alpha value is -4.16. The standard InChI is InChI=1S/C29H22BrN3O2/c1-20-7-17-27(21-5-3-2-4-6-21)33(20)25-14-10-23(11-15-25)29(34)32-31-19-26-16-18-28(35-26)22-8-12-24(30)13-9-22/h2-19H,1H3,(H,32,34)/b31-19-. The largest absolute Gasteiger partial charge is 0.455 e. The predicted octanol–water partition coefficient (Wildman–Crippen LogP) is 7.24. The number of halogens is 1. The molecule has 6 heteroatoms. The van der Waals surface area contributed by atoms with Crippen LogP contribution in [0.3, 0.4) is 0 Å². The Labute approximate surface area is 211 Å². The first kappa shape index (κ1) is 22.6.